The molecule has 1 aromatic heterocycles. The van der Waals surface area contributed by atoms with Gasteiger partial charge in [-0.1, -0.05) is 0 Å². The van der Waals surface area contributed by atoms with Crippen molar-refractivity contribution in [1.82, 2.24) is 9.78 Å². The number of methoxy groups -OCH3 is 1. The van der Waals surface area contributed by atoms with Crippen LogP contribution >= 0.6 is 0 Å². The lowest BCUT2D eigenvalue weighted by atomic mass is 9.89. The normalized spacial score (nSPS) is 31.2. The van der Waals surface area contributed by atoms with E-state index >= 15 is 0 Å². The molecule has 0 saturated heterocycles. The Morgan fingerprint density at radius 1 is 1.20 bits per heavy atom. The van der Waals surface area contributed by atoms with Gasteiger partial charge < -0.3 is 9.84 Å². The van der Waals surface area contributed by atoms with E-state index < -0.39 is 66.1 Å². The molecule has 2 aliphatic rings. The van der Waals surface area contributed by atoms with Gasteiger partial charge in [0, 0.05) is 25.5 Å². The maximum Gasteiger partial charge on any atom is 0.435 e. The molecular weight excluding hydrogens is 361 g/mol. The molecule has 0 aromatic carbocycles. The number of aliphatic hydroxyl groups excluding tert-OH is 1. The Balaban J connectivity index is 2.03. The van der Waals surface area contributed by atoms with Gasteiger partial charge in [0.2, 0.25) is 0 Å². The summed E-state index contributed by atoms with van der Waals surface area (Å²) in [4.78, 5) is 0. The zero-order valence-corrected chi connectivity index (χ0v) is 13.0. The van der Waals surface area contributed by atoms with Crippen molar-refractivity contribution >= 4 is 0 Å². The molecule has 0 radical (unpaired) electrons. The first-order valence-electron chi connectivity index (χ1n) is 7.53. The average Bonchev–Trinajstić information content (AvgIpc) is 2.94. The average molecular weight is 376 g/mol. The molecule has 1 fully saturated rings. The predicted molar refractivity (Wildman–Crippen MR) is 69.5 cm³/mol. The first kappa shape index (κ1) is 18.4. The van der Waals surface area contributed by atoms with Crippen LogP contribution in [0.1, 0.15) is 48.4 Å². The lowest BCUT2D eigenvalue weighted by Crippen LogP contribution is -2.42. The second-order valence-electron chi connectivity index (χ2n) is 6.41. The zero-order chi connectivity index (χ0) is 18.8. The number of aliphatic hydroxyl groups is 1. The third-order valence-electron chi connectivity index (χ3n) is 4.79. The number of aromatic nitrogens is 2. The van der Waals surface area contributed by atoms with Gasteiger partial charge in [-0.3, -0.25) is 4.68 Å². The van der Waals surface area contributed by atoms with Crippen LogP contribution in [-0.2, 0) is 17.3 Å². The zero-order valence-electron chi connectivity index (χ0n) is 13.0. The maximum absolute atomic E-state index is 13.7. The monoisotopic (exact) mass is 376 g/mol. The summed E-state index contributed by atoms with van der Waals surface area (Å²) in [5, 5.41) is 13.0. The van der Waals surface area contributed by atoms with E-state index in [-0.39, 0.29) is 12.8 Å². The molecule has 25 heavy (non-hydrogen) atoms. The molecule has 11 heteroatoms. The molecule has 3 atom stereocenters. The van der Waals surface area contributed by atoms with E-state index in [0.29, 0.717) is 0 Å². The SMILES string of the molecule is CO[C@H]1C[C@H](n2nc(C(F)(F)F)c3c2CC(F)(F)[C@H]3O)CCC1(F)F. The second kappa shape index (κ2) is 5.57. The quantitative estimate of drug-likeness (QED) is 0.804. The highest BCUT2D eigenvalue weighted by atomic mass is 19.4. The van der Waals surface area contributed by atoms with Crippen LogP contribution in [0.4, 0.5) is 30.7 Å². The highest BCUT2D eigenvalue weighted by molar-refractivity contribution is 5.38. The summed E-state index contributed by atoms with van der Waals surface area (Å²) in [5.41, 5.74) is -3.03. The number of halogens is 7. The molecule has 0 amide bonds. The lowest BCUT2D eigenvalue weighted by molar-refractivity contribution is -0.156. The largest absolute Gasteiger partial charge is 0.435 e. The molecule has 3 rings (SSSR count). The van der Waals surface area contributed by atoms with E-state index in [1.165, 1.54) is 0 Å². The summed E-state index contributed by atoms with van der Waals surface area (Å²) in [5.74, 6) is -6.92. The number of ether oxygens (including phenoxy) is 1. The van der Waals surface area contributed by atoms with Crippen LogP contribution in [0.25, 0.3) is 0 Å². The van der Waals surface area contributed by atoms with E-state index in [0.717, 1.165) is 11.8 Å². The molecule has 142 valence electrons. The van der Waals surface area contributed by atoms with E-state index in [4.69, 9.17) is 4.74 Å². The van der Waals surface area contributed by atoms with Crippen molar-refractivity contribution in [3.63, 3.8) is 0 Å². The number of alkyl halides is 7. The Bertz CT molecular complexity index is 671. The molecule has 0 unspecified atom stereocenters. The van der Waals surface area contributed by atoms with Crippen molar-refractivity contribution in [3.05, 3.63) is 17.0 Å². The van der Waals surface area contributed by atoms with Gasteiger partial charge in [-0.15, -0.1) is 0 Å². The minimum Gasteiger partial charge on any atom is -0.382 e. The minimum atomic E-state index is -5.05. The summed E-state index contributed by atoms with van der Waals surface area (Å²) in [6.07, 6.45) is -11.6. The number of hydrogen-bond donors (Lipinski definition) is 1. The number of rotatable bonds is 2. The van der Waals surface area contributed by atoms with Crippen molar-refractivity contribution in [3.8, 4) is 0 Å². The van der Waals surface area contributed by atoms with Crippen LogP contribution in [0.2, 0.25) is 0 Å². The summed E-state index contributed by atoms with van der Waals surface area (Å²) >= 11 is 0. The van der Waals surface area contributed by atoms with Crippen LogP contribution in [0.5, 0.6) is 0 Å². The highest BCUT2D eigenvalue weighted by Crippen LogP contribution is 2.50. The van der Waals surface area contributed by atoms with Gasteiger partial charge in [0.15, 0.2) is 5.69 Å². The van der Waals surface area contributed by atoms with E-state index in [9.17, 15) is 35.8 Å². The summed E-state index contributed by atoms with van der Waals surface area (Å²) in [6.45, 7) is 0. The number of hydrogen-bond acceptors (Lipinski definition) is 3. The molecule has 0 bridgehead atoms. The topological polar surface area (TPSA) is 47.3 Å². The van der Waals surface area contributed by atoms with Crippen molar-refractivity contribution in [1.29, 1.82) is 0 Å². The molecule has 4 nitrogen and oxygen atoms in total. The van der Waals surface area contributed by atoms with Crippen LogP contribution in [0.15, 0.2) is 0 Å². The first-order valence-corrected chi connectivity index (χ1v) is 7.53. The number of nitrogens with zero attached hydrogens (tertiary/aromatic N) is 2. The third kappa shape index (κ3) is 2.90. The predicted octanol–water partition coefficient (Wildman–Crippen LogP) is 3.50. The molecule has 1 heterocycles. The smallest absolute Gasteiger partial charge is 0.382 e. The summed E-state index contributed by atoms with van der Waals surface area (Å²) < 4.78 is 99.8. The lowest BCUT2D eigenvalue weighted by Gasteiger charge is -2.35. The van der Waals surface area contributed by atoms with Crippen molar-refractivity contribution in [2.24, 2.45) is 0 Å². The highest BCUT2D eigenvalue weighted by Gasteiger charge is 2.56. The summed E-state index contributed by atoms with van der Waals surface area (Å²) in [6, 6.07) is -0.949. The van der Waals surface area contributed by atoms with Crippen molar-refractivity contribution in [2.45, 2.75) is 62.0 Å². The minimum absolute atomic E-state index is 0.236. The van der Waals surface area contributed by atoms with Gasteiger partial charge in [0.05, 0.1) is 18.2 Å². The Kier molecular flexibility index (Phi) is 4.10. The van der Waals surface area contributed by atoms with Crippen LogP contribution in [0.3, 0.4) is 0 Å². The fourth-order valence-electron chi connectivity index (χ4n) is 3.54. The van der Waals surface area contributed by atoms with Gasteiger partial charge in [0.25, 0.3) is 11.8 Å². The molecule has 0 aliphatic heterocycles. The van der Waals surface area contributed by atoms with E-state index in [1.54, 1.807) is 0 Å². The fraction of sp³-hybridized carbons (Fsp3) is 0.786. The van der Waals surface area contributed by atoms with Gasteiger partial charge in [-0.25, -0.2) is 17.6 Å². The van der Waals surface area contributed by atoms with Crippen LogP contribution in [0, 0.1) is 0 Å². The molecule has 2 aliphatic carbocycles. The number of fused-ring (bicyclic) bond motifs is 1. The second-order valence-corrected chi connectivity index (χ2v) is 6.41. The standard InChI is InChI=1S/C14H15F7N2O2/c1-25-8-4-6(2-3-12(8,15)16)23-7-5-13(17,18)11(24)9(7)10(22-23)14(19,20)21/h6,8,11,24H,2-5H2,1H3/t6-,8+,11+/m1/s1. The van der Waals surface area contributed by atoms with Crippen LogP contribution in [-0.4, -0.2) is 39.9 Å². The Hall–Kier alpha value is -1.36. The van der Waals surface area contributed by atoms with E-state index in [2.05, 4.69) is 5.10 Å². The van der Waals surface area contributed by atoms with Crippen molar-refractivity contribution < 1.29 is 40.6 Å². The van der Waals surface area contributed by atoms with Crippen molar-refractivity contribution in [2.75, 3.05) is 7.11 Å². The molecule has 0 spiro atoms. The first-order chi connectivity index (χ1) is 11.4. The van der Waals surface area contributed by atoms with Gasteiger partial charge in [-0.2, -0.15) is 18.3 Å². The third-order valence-corrected chi connectivity index (χ3v) is 4.79. The summed E-state index contributed by atoms with van der Waals surface area (Å²) in [7, 11) is 1.05. The molecule has 1 aromatic rings. The van der Waals surface area contributed by atoms with Gasteiger partial charge >= 0.3 is 6.18 Å². The Labute approximate surface area is 137 Å². The Morgan fingerprint density at radius 3 is 2.40 bits per heavy atom. The molecule has 1 saturated carbocycles. The fourth-order valence-corrected chi connectivity index (χ4v) is 3.54. The van der Waals surface area contributed by atoms with Gasteiger partial charge in [-0.05, 0) is 6.42 Å². The Morgan fingerprint density at radius 2 is 1.84 bits per heavy atom. The van der Waals surface area contributed by atoms with E-state index in [1.807, 2.05) is 0 Å². The molecular formula is C14H15F7N2O2. The van der Waals surface area contributed by atoms with Gasteiger partial charge in [0.1, 0.15) is 12.2 Å². The van der Waals surface area contributed by atoms with Crippen LogP contribution < -0.4 is 0 Å². The maximum atomic E-state index is 13.7. The molecule has 1 N–H and O–H groups in total.